The maximum atomic E-state index is 12.6. The van der Waals surface area contributed by atoms with Gasteiger partial charge in [0.1, 0.15) is 11.4 Å². The number of benzene rings is 1. The lowest BCUT2D eigenvalue weighted by atomic mass is 9.90. The van der Waals surface area contributed by atoms with Crippen LogP contribution in [0.15, 0.2) is 18.2 Å². The Labute approximate surface area is 144 Å². The van der Waals surface area contributed by atoms with E-state index in [9.17, 15) is 4.79 Å². The van der Waals surface area contributed by atoms with Gasteiger partial charge in [0.05, 0.1) is 12.6 Å². The normalized spacial score (nSPS) is 21.8. The van der Waals surface area contributed by atoms with Crippen molar-refractivity contribution in [2.75, 3.05) is 26.2 Å². The molecule has 1 atom stereocenters. The predicted octanol–water partition coefficient (Wildman–Crippen LogP) is 1.92. The highest BCUT2D eigenvalue weighted by molar-refractivity contribution is 5.81. The monoisotopic (exact) mass is 331 g/mol. The molecule has 1 aromatic rings. The number of fused-ring (bicyclic) bond motifs is 1. The molecular weight excluding hydrogens is 302 g/mol. The Morgan fingerprint density at radius 1 is 1.38 bits per heavy atom. The van der Waals surface area contributed by atoms with Crippen LogP contribution in [0.4, 0.5) is 0 Å². The number of piperidine rings is 1. The summed E-state index contributed by atoms with van der Waals surface area (Å²) in [5.41, 5.74) is 7.86. The van der Waals surface area contributed by atoms with Crippen LogP contribution in [0.3, 0.4) is 0 Å². The smallest absolute Gasteiger partial charge is 0.239 e. The Kier molecular flexibility index (Phi) is 4.83. The zero-order valence-corrected chi connectivity index (χ0v) is 15.0. The van der Waals surface area contributed by atoms with Gasteiger partial charge in [0, 0.05) is 38.0 Å². The third kappa shape index (κ3) is 3.42. The summed E-state index contributed by atoms with van der Waals surface area (Å²) >= 11 is 0. The average molecular weight is 331 g/mol. The van der Waals surface area contributed by atoms with E-state index in [1.54, 1.807) is 6.92 Å². The minimum Gasteiger partial charge on any atom is -0.485 e. The molecule has 0 aromatic heterocycles. The first-order chi connectivity index (χ1) is 11.4. The fourth-order valence-electron chi connectivity index (χ4n) is 3.79. The lowest BCUT2D eigenvalue weighted by Crippen LogP contribution is -2.55. The van der Waals surface area contributed by atoms with Crippen molar-refractivity contribution in [1.82, 2.24) is 9.80 Å². The van der Waals surface area contributed by atoms with E-state index in [-0.39, 0.29) is 11.5 Å². The first-order valence-electron chi connectivity index (χ1n) is 8.98. The number of rotatable bonds is 2. The van der Waals surface area contributed by atoms with Crippen molar-refractivity contribution in [2.24, 2.45) is 5.73 Å². The molecule has 5 heteroatoms. The third-order valence-electron chi connectivity index (χ3n) is 5.30. The molecule has 0 saturated carbocycles. The third-order valence-corrected chi connectivity index (χ3v) is 5.30. The van der Waals surface area contributed by atoms with Gasteiger partial charge in [-0.05, 0) is 26.5 Å². The fourth-order valence-corrected chi connectivity index (χ4v) is 3.79. The minimum atomic E-state index is -0.482. The molecule has 5 nitrogen and oxygen atoms in total. The number of hydrogen-bond acceptors (Lipinski definition) is 4. The highest BCUT2D eigenvalue weighted by Crippen LogP contribution is 2.36. The van der Waals surface area contributed by atoms with E-state index in [1.807, 2.05) is 4.90 Å². The molecule has 1 aromatic carbocycles. The fraction of sp³-hybridized carbons (Fsp3) is 0.632. The van der Waals surface area contributed by atoms with Gasteiger partial charge in [0.25, 0.3) is 0 Å². The molecule has 0 aliphatic carbocycles. The zero-order chi connectivity index (χ0) is 17.3. The molecule has 1 fully saturated rings. The highest BCUT2D eigenvalue weighted by atomic mass is 16.5. The number of nitrogens with zero attached hydrogens (tertiary/aromatic N) is 2. The number of aryl methyl sites for hydroxylation is 1. The van der Waals surface area contributed by atoms with Crippen LogP contribution >= 0.6 is 0 Å². The van der Waals surface area contributed by atoms with Crippen molar-refractivity contribution in [3.8, 4) is 5.75 Å². The van der Waals surface area contributed by atoms with E-state index in [0.717, 1.165) is 43.8 Å². The molecule has 3 rings (SSSR count). The second-order valence-corrected chi connectivity index (χ2v) is 7.31. The van der Waals surface area contributed by atoms with E-state index in [1.165, 1.54) is 5.56 Å². The molecule has 132 valence electrons. The van der Waals surface area contributed by atoms with Crippen molar-refractivity contribution in [3.05, 3.63) is 29.3 Å². The van der Waals surface area contributed by atoms with Crippen molar-refractivity contribution >= 4 is 5.91 Å². The van der Waals surface area contributed by atoms with Crippen LogP contribution in [-0.4, -0.2) is 53.5 Å². The molecule has 1 unspecified atom stereocenters. The van der Waals surface area contributed by atoms with Crippen LogP contribution in [0.1, 0.15) is 37.8 Å². The number of ether oxygens (including phenoxy) is 1. The summed E-state index contributed by atoms with van der Waals surface area (Å²) in [6, 6.07) is 5.77. The maximum Gasteiger partial charge on any atom is 0.239 e. The molecule has 1 saturated heterocycles. The molecule has 1 spiro atoms. The van der Waals surface area contributed by atoms with Crippen LogP contribution < -0.4 is 10.5 Å². The maximum absolute atomic E-state index is 12.6. The van der Waals surface area contributed by atoms with Crippen LogP contribution in [0.5, 0.6) is 5.75 Å². The average Bonchev–Trinajstić information content (AvgIpc) is 2.71. The van der Waals surface area contributed by atoms with Gasteiger partial charge in [-0.15, -0.1) is 0 Å². The molecule has 2 heterocycles. The summed E-state index contributed by atoms with van der Waals surface area (Å²) in [4.78, 5) is 17.0. The van der Waals surface area contributed by atoms with Crippen LogP contribution in [-0.2, 0) is 11.3 Å². The topological polar surface area (TPSA) is 58.8 Å². The summed E-state index contributed by atoms with van der Waals surface area (Å²) in [6.45, 7) is 10.3. The van der Waals surface area contributed by atoms with Gasteiger partial charge >= 0.3 is 0 Å². The van der Waals surface area contributed by atoms with Gasteiger partial charge in [-0.2, -0.15) is 0 Å². The SMILES string of the molecule is CCN1CCC2(CC1)CN(C(=O)C(C)N)Cc1cc(C)ccc1O2. The number of likely N-dealkylation sites (tertiary alicyclic amines) is 1. The summed E-state index contributed by atoms with van der Waals surface area (Å²) in [5, 5.41) is 0. The van der Waals surface area contributed by atoms with Crippen LogP contribution in [0.2, 0.25) is 0 Å². The van der Waals surface area contributed by atoms with Crippen molar-refractivity contribution in [2.45, 2.75) is 51.8 Å². The van der Waals surface area contributed by atoms with Gasteiger partial charge in [-0.3, -0.25) is 4.79 Å². The largest absolute Gasteiger partial charge is 0.485 e. The predicted molar refractivity (Wildman–Crippen MR) is 95.0 cm³/mol. The molecule has 24 heavy (non-hydrogen) atoms. The van der Waals surface area contributed by atoms with Crippen molar-refractivity contribution in [3.63, 3.8) is 0 Å². The van der Waals surface area contributed by atoms with Gasteiger partial charge in [0.15, 0.2) is 0 Å². The second kappa shape index (κ2) is 6.73. The molecule has 2 aliphatic rings. The summed E-state index contributed by atoms with van der Waals surface area (Å²) in [7, 11) is 0. The van der Waals surface area contributed by atoms with Gasteiger partial charge < -0.3 is 20.3 Å². The lowest BCUT2D eigenvalue weighted by Gasteiger charge is -2.42. The van der Waals surface area contributed by atoms with Gasteiger partial charge in [0.2, 0.25) is 5.91 Å². The Bertz CT molecular complexity index is 607. The Hall–Kier alpha value is -1.59. The Balaban J connectivity index is 1.93. The van der Waals surface area contributed by atoms with Gasteiger partial charge in [-0.25, -0.2) is 0 Å². The molecule has 0 radical (unpaired) electrons. The van der Waals surface area contributed by atoms with E-state index in [0.29, 0.717) is 13.1 Å². The Morgan fingerprint density at radius 2 is 2.08 bits per heavy atom. The number of nitrogens with two attached hydrogens (primary N) is 1. The van der Waals surface area contributed by atoms with Crippen LogP contribution in [0.25, 0.3) is 0 Å². The highest BCUT2D eigenvalue weighted by Gasteiger charge is 2.42. The standard InChI is InChI=1S/C19H29N3O2/c1-4-21-9-7-19(8-10-21)13-22(18(23)15(3)20)12-16-11-14(2)5-6-17(16)24-19/h5-6,11,15H,4,7-10,12-13,20H2,1-3H3. The Morgan fingerprint density at radius 3 is 2.71 bits per heavy atom. The number of carbonyl (C=O) groups is 1. The minimum absolute atomic E-state index is 0.00486. The quantitative estimate of drug-likeness (QED) is 0.899. The summed E-state index contributed by atoms with van der Waals surface area (Å²) < 4.78 is 6.53. The molecule has 1 amide bonds. The number of hydrogen-bond donors (Lipinski definition) is 1. The van der Waals surface area contributed by atoms with E-state index in [4.69, 9.17) is 10.5 Å². The first-order valence-corrected chi connectivity index (χ1v) is 8.98. The first kappa shape index (κ1) is 17.2. The number of carbonyl (C=O) groups excluding carboxylic acids is 1. The molecule has 2 aliphatic heterocycles. The zero-order valence-electron chi connectivity index (χ0n) is 15.0. The molecule has 2 N–H and O–H groups in total. The summed E-state index contributed by atoms with van der Waals surface area (Å²) in [6.07, 6.45) is 1.88. The lowest BCUT2D eigenvalue weighted by molar-refractivity contribution is -0.136. The summed E-state index contributed by atoms with van der Waals surface area (Å²) in [5.74, 6) is 0.927. The van der Waals surface area contributed by atoms with Crippen LogP contribution in [0, 0.1) is 6.92 Å². The second-order valence-electron chi connectivity index (χ2n) is 7.31. The van der Waals surface area contributed by atoms with E-state index < -0.39 is 6.04 Å². The van der Waals surface area contributed by atoms with Crippen molar-refractivity contribution < 1.29 is 9.53 Å². The van der Waals surface area contributed by atoms with Crippen molar-refractivity contribution in [1.29, 1.82) is 0 Å². The molecular formula is C19H29N3O2. The van der Waals surface area contributed by atoms with E-state index >= 15 is 0 Å². The van der Waals surface area contributed by atoms with E-state index in [2.05, 4.69) is 36.9 Å². The number of amides is 1. The molecule has 0 bridgehead atoms. The van der Waals surface area contributed by atoms with Gasteiger partial charge in [-0.1, -0.05) is 24.6 Å².